The van der Waals surface area contributed by atoms with Gasteiger partial charge in [-0.05, 0) is 37.5 Å². The van der Waals surface area contributed by atoms with E-state index in [9.17, 15) is 9.18 Å². The summed E-state index contributed by atoms with van der Waals surface area (Å²) < 4.78 is 19.4. The lowest BCUT2D eigenvalue weighted by Gasteiger charge is -2.13. The molecule has 2 aromatic carbocycles. The van der Waals surface area contributed by atoms with Gasteiger partial charge < -0.3 is 9.84 Å². The summed E-state index contributed by atoms with van der Waals surface area (Å²) in [5, 5.41) is 6.83. The maximum absolute atomic E-state index is 14.2. The zero-order chi connectivity index (χ0) is 18.1. The van der Waals surface area contributed by atoms with Crippen LogP contribution in [0.4, 0.5) is 4.39 Å². The average molecular weight is 351 g/mol. The number of benzene rings is 2. The van der Waals surface area contributed by atoms with E-state index in [-0.39, 0.29) is 11.7 Å². The summed E-state index contributed by atoms with van der Waals surface area (Å²) >= 11 is 0. The smallest absolute Gasteiger partial charge is 0.252 e. The molecule has 1 saturated carbocycles. The van der Waals surface area contributed by atoms with Crippen LogP contribution in [0.5, 0.6) is 0 Å². The van der Waals surface area contributed by atoms with Gasteiger partial charge in [-0.2, -0.15) is 4.98 Å². The van der Waals surface area contributed by atoms with E-state index in [2.05, 4.69) is 15.5 Å². The Bertz CT molecular complexity index is 949. The second kappa shape index (κ2) is 6.71. The van der Waals surface area contributed by atoms with E-state index < -0.39 is 6.04 Å². The van der Waals surface area contributed by atoms with Gasteiger partial charge in [-0.15, -0.1) is 0 Å². The van der Waals surface area contributed by atoms with Crippen molar-refractivity contribution >= 4 is 5.91 Å². The molecule has 0 spiro atoms. The highest BCUT2D eigenvalue weighted by Gasteiger charge is 2.30. The Morgan fingerprint density at radius 1 is 1.15 bits per heavy atom. The second-order valence-electron chi connectivity index (χ2n) is 6.49. The van der Waals surface area contributed by atoms with Crippen molar-refractivity contribution in [2.24, 2.45) is 0 Å². The summed E-state index contributed by atoms with van der Waals surface area (Å²) in [6, 6.07) is 12.9. The van der Waals surface area contributed by atoms with Gasteiger partial charge in [-0.25, -0.2) is 4.39 Å². The lowest BCUT2D eigenvalue weighted by atomic mass is 9.98. The highest BCUT2D eigenvalue weighted by Crippen LogP contribution is 2.38. The molecule has 5 nitrogen and oxygen atoms in total. The largest absolute Gasteiger partial charge is 0.340 e. The summed E-state index contributed by atoms with van der Waals surface area (Å²) in [5.74, 6) is 0.781. The Balaban J connectivity index is 1.57. The van der Waals surface area contributed by atoms with E-state index >= 15 is 0 Å². The first-order chi connectivity index (χ1) is 12.6. The summed E-state index contributed by atoms with van der Waals surface area (Å²) in [7, 11) is 0. The zero-order valence-electron chi connectivity index (χ0n) is 14.3. The van der Waals surface area contributed by atoms with Crippen molar-refractivity contribution < 1.29 is 13.7 Å². The molecule has 1 aliphatic rings. The molecule has 1 amide bonds. The summed E-state index contributed by atoms with van der Waals surface area (Å²) in [6.07, 6.45) is 2.16. The maximum Gasteiger partial charge on any atom is 0.252 e. The molecular formula is C20H18FN3O2. The van der Waals surface area contributed by atoms with Gasteiger partial charge in [0, 0.05) is 17.0 Å². The third kappa shape index (κ3) is 3.22. The molecule has 1 heterocycles. The van der Waals surface area contributed by atoms with Gasteiger partial charge in [-0.3, -0.25) is 4.79 Å². The third-order valence-corrected chi connectivity index (χ3v) is 4.45. The molecule has 26 heavy (non-hydrogen) atoms. The fraction of sp³-hybridized carbons (Fsp3) is 0.250. The first-order valence-electron chi connectivity index (χ1n) is 8.62. The SMILES string of the molecule is C[C@H](NC(=O)c1ccccc1-c1ccccc1F)c1nc(C2CC2)no1. The number of carbonyl (C=O) groups excluding carboxylic acids is 1. The number of nitrogens with zero attached hydrogens (tertiary/aromatic N) is 2. The normalized spacial score (nSPS) is 14.8. The van der Waals surface area contributed by atoms with Crippen LogP contribution in [0.25, 0.3) is 11.1 Å². The van der Waals surface area contributed by atoms with E-state index in [4.69, 9.17) is 4.52 Å². The van der Waals surface area contributed by atoms with Crippen molar-refractivity contribution in [2.75, 3.05) is 0 Å². The molecule has 1 N–H and O–H groups in total. The van der Waals surface area contributed by atoms with E-state index in [1.54, 1.807) is 49.4 Å². The maximum atomic E-state index is 14.2. The molecule has 0 bridgehead atoms. The van der Waals surface area contributed by atoms with Gasteiger partial charge >= 0.3 is 0 Å². The summed E-state index contributed by atoms with van der Waals surface area (Å²) in [5.41, 5.74) is 1.32. The minimum atomic E-state index is -0.434. The summed E-state index contributed by atoms with van der Waals surface area (Å²) in [4.78, 5) is 17.1. The van der Waals surface area contributed by atoms with E-state index in [1.165, 1.54) is 6.07 Å². The monoisotopic (exact) mass is 351 g/mol. The van der Waals surface area contributed by atoms with Gasteiger partial charge in [-0.1, -0.05) is 41.6 Å². The molecule has 0 aliphatic heterocycles. The summed E-state index contributed by atoms with van der Waals surface area (Å²) in [6.45, 7) is 1.79. The van der Waals surface area contributed by atoms with Crippen molar-refractivity contribution in [1.29, 1.82) is 0 Å². The van der Waals surface area contributed by atoms with Crippen molar-refractivity contribution in [3.8, 4) is 11.1 Å². The van der Waals surface area contributed by atoms with Crippen LogP contribution in [0.15, 0.2) is 53.1 Å². The molecule has 1 fully saturated rings. The molecule has 0 saturated heterocycles. The van der Waals surface area contributed by atoms with Gasteiger partial charge in [0.2, 0.25) is 5.89 Å². The number of halogens is 1. The van der Waals surface area contributed by atoms with Crippen LogP contribution in [0.2, 0.25) is 0 Å². The molecule has 6 heteroatoms. The Morgan fingerprint density at radius 2 is 1.85 bits per heavy atom. The van der Waals surface area contributed by atoms with Crippen molar-refractivity contribution in [3.63, 3.8) is 0 Å². The second-order valence-corrected chi connectivity index (χ2v) is 6.49. The Morgan fingerprint density at radius 3 is 2.58 bits per heavy atom. The fourth-order valence-electron chi connectivity index (χ4n) is 2.86. The number of aromatic nitrogens is 2. The van der Waals surface area contributed by atoms with Crippen LogP contribution in [-0.4, -0.2) is 16.0 Å². The Kier molecular flexibility index (Phi) is 4.24. The molecular weight excluding hydrogens is 333 g/mol. The number of rotatable bonds is 5. The molecule has 1 aromatic heterocycles. The molecule has 4 rings (SSSR count). The molecule has 0 radical (unpaired) electrons. The molecule has 1 atom stereocenters. The molecule has 3 aromatic rings. The van der Waals surface area contributed by atoms with E-state index in [0.29, 0.717) is 34.3 Å². The number of nitrogens with one attached hydrogen (secondary N) is 1. The number of hydrogen-bond donors (Lipinski definition) is 1. The molecule has 132 valence electrons. The predicted molar refractivity (Wildman–Crippen MR) is 94.0 cm³/mol. The topological polar surface area (TPSA) is 68.0 Å². The Hall–Kier alpha value is -3.02. The van der Waals surface area contributed by atoms with Crippen molar-refractivity contribution in [2.45, 2.75) is 31.7 Å². The van der Waals surface area contributed by atoms with Crippen LogP contribution >= 0.6 is 0 Å². The van der Waals surface area contributed by atoms with Crippen LogP contribution in [-0.2, 0) is 0 Å². The van der Waals surface area contributed by atoms with Crippen LogP contribution in [0.3, 0.4) is 0 Å². The minimum absolute atomic E-state index is 0.317. The lowest BCUT2D eigenvalue weighted by molar-refractivity contribution is 0.0933. The number of carbonyl (C=O) groups is 1. The average Bonchev–Trinajstić information content (AvgIpc) is 3.38. The first-order valence-corrected chi connectivity index (χ1v) is 8.62. The molecule has 1 aliphatic carbocycles. The standard InChI is InChI=1S/C20H18FN3O2/c1-12(20-23-18(24-26-20)13-10-11-13)22-19(25)16-8-3-2-6-14(16)15-7-4-5-9-17(15)21/h2-9,12-13H,10-11H2,1H3,(H,22,25)/t12-/m0/s1. The van der Waals surface area contributed by atoms with Gasteiger partial charge in [0.15, 0.2) is 5.82 Å². The Labute approximate surface area is 150 Å². The number of amides is 1. The van der Waals surface area contributed by atoms with Gasteiger partial charge in [0.05, 0.1) is 0 Å². The highest BCUT2D eigenvalue weighted by molar-refractivity contribution is 6.01. The van der Waals surface area contributed by atoms with E-state index in [0.717, 1.165) is 12.8 Å². The highest BCUT2D eigenvalue weighted by atomic mass is 19.1. The first kappa shape index (κ1) is 16.4. The number of hydrogen-bond acceptors (Lipinski definition) is 4. The fourth-order valence-corrected chi connectivity index (χ4v) is 2.86. The van der Waals surface area contributed by atoms with Crippen molar-refractivity contribution in [1.82, 2.24) is 15.5 Å². The van der Waals surface area contributed by atoms with Crippen LogP contribution in [0.1, 0.15) is 53.8 Å². The van der Waals surface area contributed by atoms with Crippen LogP contribution < -0.4 is 5.32 Å². The molecule has 0 unspecified atom stereocenters. The lowest BCUT2D eigenvalue weighted by Crippen LogP contribution is -2.27. The van der Waals surface area contributed by atoms with Gasteiger partial charge in [0.25, 0.3) is 5.91 Å². The van der Waals surface area contributed by atoms with Crippen LogP contribution in [0, 0.1) is 5.82 Å². The minimum Gasteiger partial charge on any atom is -0.340 e. The third-order valence-electron chi connectivity index (χ3n) is 4.45. The van der Waals surface area contributed by atoms with Crippen molar-refractivity contribution in [3.05, 3.63) is 71.6 Å². The van der Waals surface area contributed by atoms with E-state index in [1.807, 2.05) is 0 Å². The predicted octanol–water partition coefficient (Wildman–Crippen LogP) is 4.24. The zero-order valence-corrected chi connectivity index (χ0v) is 14.3. The van der Waals surface area contributed by atoms with Gasteiger partial charge in [0.1, 0.15) is 11.9 Å². The quantitative estimate of drug-likeness (QED) is 0.746.